The Bertz CT molecular complexity index is 387. The van der Waals surface area contributed by atoms with E-state index in [-0.39, 0.29) is 12.0 Å². The third-order valence-electron chi connectivity index (χ3n) is 2.84. The molecule has 2 rings (SSSR count). The van der Waals surface area contributed by atoms with Gasteiger partial charge >= 0.3 is 0 Å². The maximum absolute atomic E-state index is 11.0. The van der Waals surface area contributed by atoms with E-state index in [1.807, 2.05) is 12.1 Å². The van der Waals surface area contributed by atoms with Crippen molar-refractivity contribution in [2.75, 3.05) is 6.61 Å². The van der Waals surface area contributed by atoms with E-state index in [0.29, 0.717) is 5.56 Å². The average Bonchev–Trinajstić information content (AvgIpc) is 2.27. The molecule has 0 saturated carbocycles. The highest BCUT2D eigenvalue weighted by Crippen LogP contribution is 2.29. The van der Waals surface area contributed by atoms with Crippen molar-refractivity contribution in [2.45, 2.75) is 25.9 Å². The Morgan fingerprint density at radius 2 is 2.40 bits per heavy atom. The second-order valence-corrected chi connectivity index (χ2v) is 3.80. The van der Waals surface area contributed by atoms with Crippen LogP contribution in [0.4, 0.5) is 0 Å². The Morgan fingerprint density at radius 1 is 1.60 bits per heavy atom. The lowest BCUT2D eigenvalue weighted by atomic mass is 9.94. The lowest BCUT2D eigenvalue weighted by Crippen LogP contribution is -2.18. The fourth-order valence-corrected chi connectivity index (χ4v) is 2.03. The zero-order valence-electron chi connectivity index (χ0n) is 8.82. The summed E-state index contributed by atoms with van der Waals surface area (Å²) in [7, 11) is 0. The molecule has 1 amide bonds. The van der Waals surface area contributed by atoms with Gasteiger partial charge in [0.05, 0.1) is 12.7 Å². The van der Waals surface area contributed by atoms with Crippen LogP contribution < -0.4 is 5.73 Å². The van der Waals surface area contributed by atoms with Crippen molar-refractivity contribution in [1.29, 1.82) is 0 Å². The Hall–Kier alpha value is -1.35. The quantitative estimate of drug-likeness (QED) is 0.800. The molecule has 0 aliphatic carbocycles. The first kappa shape index (κ1) is 10.2. The van der Waals surface area contributed by atoms with E-state index < -0.39 is 0 Å². The Balaban J connectivity index is 2.40. The minimum Gasteiger partial charge on any atom is -0.373 e. The second-order valence-electron chi connectivity index (χ2n) is 3.80. The minimum atomic E-state index is -0.364. The van der Waals surface area contributed by atoms with Gasteiger partial charge in [-0.2, -0.15) is 0 Å². The standard InChI is InChI=1S/C12H15NO2/c1-2-11-10-4-3-9(12(13)14)7-8(10)5-6-15-11/h3-4,7,11H,2,5-6H2,1H3,(H2,13,14)/t11-/m0/s1. The summed E-state index contributed by atoms with van der Waals surface area (Å²) in [6, 6.07) is 5.63. The van der Waals surface area contributed by atoms with Crippen LogP contribution in [0.2, 0.25) is 0 Å². The number of nitrogens with two attached hydrogens (primary N) is 1. The molecular weight excluding hydrogens is 190 g/mol. The Morgan fingerprint density at radius 3 is 3.07 bits per heavy atom. The molecule has 0 aromatic heterocycles. The molecule has 1 aromatic carbocycles. The first-order chi connectivity index (χ1) is 7.22. The lowest BCUT2D eigenvalue weighted by molar-refractivity contribution is 0.0398. The van der Waals surface area contributed by atoms with Gasteiger partial charge in [-0.25, -0.2) is 0 Å². The molecule has 0 radical (unpaired) electrons. The normalized spacial score (nSPS) is 19.7. The number of hydrogen-bond donors (Lipinski definition) is 1. The van der Waals surface area contributed by atoms with Crippen LogP contribution in [0.1, 0.15) is 40.9 Å². The van der Waals surface area contributed by atoms with Gasteiger partial charge in [-0.3, -0.25) is 4.79 Å². The molecule has 3 heteroatoms. The number of fused-ring (bicyclic) bond motifs is 1. The van der Waals surface area contributed by atoms with Gasteiger partial charge in [0, 0.05) is 5.56 Å². The summed E-state index contributed by atoms with van der Waals surface area (Å²) in [6.07, 6.45) is 2.01. The van der Waals surface area contributed by atoms with Gasteiger partial charge in [-0.05, 0) is 36.1 Å². The third kappa shape index (κ3) is 1.88. The predicted octanol–water partition coefficient (Wildman–Crippen LogP) is 1.81. The van der Waals surface area contributed by atoms with Gasteiger partial charge in [-0.1, -0.05) is 13.0 Å². The van der Waals surface area contributed by atoms with Gasteiger partial charge in [0.15, 0.2) is 0 Å². The van der Waals surface area contributed by atoms with Crippen molar-refractivity contribution in [2.24, 2.45) is 5.73 Å². The number of amides is 1. The van der Waals surface area contributed by atoms with Crippen molar-refractivity contribution in [3.8, 4) is 0 Å². The van der Waals surface area contributed by atoms with Gasteiger partial charge in [-0.15, -0.1) is 0 Å². The van der Waals surface area contributed by atoms with E-state index in [0.717, 1.165) is 19.4 Å². The summed E-state index contributed by atoms with van der Waals surface area (Å²) in [5.41, 5.74) is 8.23. The molecule has 0 spiro atoms. The highest BCUT2D eigenvalue weighted by atomic mass is 16.5. The smallest absolute Gasteiger partial charge is 0.248 e. The van der Waals surface area contributed by atoms with Gasteiger partial charge < -0.3 is 10.5 Å². The van der Waals surface area contributed by atoms with Crippen molar-refractivity contribution in [3.05, 3.63) is 34.9 Å². The number of benzene rings is 1. The summed E-state index contributed by atoms with van der Waals surface area (Å²) < 4.78 is 5.64. The van der Waals surface area contributed by atoms with Crippen molar-refractivity contribution < 1.29 is 9.53 Å². The molecule has 0 fully saturated rings. The Kier molecular flexibility index (Phi) is 2.73. The summed E-state index contributed by atoms with van der Waals surface area (Å²) in [4.78, 5) is 11.0. The lowest BCUT2D eigenvalue weighted by Gasteiger charge is -2.25. The first-order valence-corrected chi connectivity index (χ1v) is 5.26. The van der Waals surface area contributed by atoms with Crippen LogP contribution >= 0.6 is 0 Å². The molecule has 1 heterocycles. The molecule has 1 aromatic rings. The summed E-state index contributed by atoms with van der Waals surface area (Å²) in [5, 5.41) is 0. The maximum Gasteiger partial charge on any atom is 0.248 e. The van der Waals surface area contributed by atoms with Crippen LogP contribution in [0.5, 0.6) is 0 Å². The van der Waals surface area contributed by atoms with E-state index >= 15 is 0 Å². The summed E-state index contributed by atoms with van der Waals surface area (Å²) >= 11 is 0. The van der Waals surface area contributed by atoms with E-state index in [4.69, 9.17) is 10.5 Å². The van der Waals surface area contributed by atoms with Crippen molar-refractivity contribution >= 4 is 5.91 Å². The SMILES string of the molecule is CC[C@@H]1OCCc2cc(C(N)=O)ccc21. The van der Waals surface area contributed by atoms with Crippen molar-refractivity contribution in [1.82, 2.24) is 0 Å². The molecule has 0 unspecified atom stereocenters. The van der Waals surface area contributed by atoms with Crippen LogP contribution in [0, 0.1) is 0 Å². The molecule has 80 valence electrons. The van der Waals surface area contributed by atoms with Crippen LogP contribution in [0.15, 0.2) is 18.2 Å². The molecule has 0 saturated heterocycles. The molecule has 0 bridgehead atoms. The summed E-state index contributed by atoms with van der Waals surface area (Å²) in [6.45, 7) is 2.83. The van der Waals surface area contributed by atoms with Gasteiger partial charge in [0.25, 0.3) is 0 Å². The highest BCUT2D eigenvalue weighted by molar-refractivity contribution is 5.93. The van der Waals surface area contributed by atoms with Crippen LogP contribution in [-0.4, -0.2) is 12.5 Å². The Labute approximate surface area is 89.2 Å². The molecule has 1 atom stereocenters. The monoisotopic (exact) mass is 205 g/mol. The molecule has 2 N–H and O–H groups in total. The number of hydrogen-bond acceptors (Lipinski definition) is 2. The molecular formula is C12H15NO2. The van der Waals surface area contributed by atoms with Crippen molar-refractivity contribution in [3.63, 3.8) is 0 Å². The number of carbonyl (C=O) groups excluding carboxylic acids is 1. The van der Waals surface area contributed by atoms with Gasteiger partial charge in [0.2, 0.25) is 5.91 Å². The zero-order valence-corrected chi connectivity index (χ0v) is 8.82. The average molecular weight is 205 g/mol. The number of ether oxygens (including phenoxy) is 1. The molecule has 15 heavy (non-hydrogen) atoms. The third-order valence-corrected chi connectivity index (χ3v) is 2.84. The van der Waals surface area contributed by atoms with E-state index in [9.17, 15) is 4.79 Å². The molecule has 3 nitrogen and oxygen atoms in total. The van der Waals surface area contributed by atoms with E-state index in [1.54, 1.807) is 6.07 Å². The number of carbonyl (C=O) groups is 1. The van der Waals surface area contributed by atoms with Crippen LogP contribution in [0.25, 0.3) is 0 Å². The zero-order chi connectivity index (χ0) is 10.8. The fourth-order valence-electron chi connectivity index (χ4n) is 2.03. The fraction of sp³-hybridized carbons (Fsp3) is 0.417. The number of rotatable bonds is 2. The predicted molar refractivity (Wildman–Crippen MR) is 57.6 cm³/mol. The minimum absolute atomic E-state index is 0.177. The number of primary amides is 1. The van der Waals surface area contributed by atoms with Crippen LogP contribution in [0.3, 0.4) is 0 Å². The highest BCUT2D eigenvalue weighted by Gasteiger charge is 2.19. The largest absolute Gasteiger partial charge is 0.373 e. The van der Waals surface area contributed by atoms with E-state index in [2.05, 4.69) is 6.92 Å². The van der Waals surface area contributed by atoms with E-state index in [1.165, 1.54) is 11.1 Å². The molecule has 1 aliphatic rings. The second kappa shape index (κ2) is 4.03. The first-order valence-electron chi connectivity index (χ1n) is 5.26. The van der Waals surface area contributed by atoms with Gasteiger partial charge in [0.1, 0.15) is 0 Å². The maximum atomic E-state index is 11.0. The molecule has 1 aliphatic heterocycles. The summed E-state index contributed by atoms with van der Waals surface area (Å²) in [5.74, 6) is -0.364. The topological polar surface area (TPSA) is 52.3 Å². The van der Waals surface area contributed by atoms with Crippen LogP contribution in [-0.2, 0) is 11.2 Å².